The summed E-state index contributed by atoms with van der Waals surface area (Å²) >= 11 is 5.99. The molecule has 1 heterocycles. The van der Waals surface area contributed by atoms with Gasteiger partial charge in [0.2, 0.25) is 0 Å². The molecule has 6 nitrogen and oxygen atoms in total. The summed E-state index contributed by atoms with van der Waals surface area (Å²) in [4.78, 5) is 28.5. The second-order valence-electron chi connectivity index (χ2n) is 7.51. The highest BCUT2D eigenvalue weighted by Crippen LogP contribution is 2.30. The Labute approximate surface area is 159 Å². The fraction of sp³-hybridized carbons (Fsp3) is 0.632. The van der Waals surface area contributed by atoms with Gasteiger partial charge in [0.15, 0.2) is 0 Å². The summed E-state index contributed by atoms with van der Waals surface area (Å²) in [6.45, 7) is 7.64. The summed E-state index contributed by atoms with van der Waals surface area (Å²) in [5, 5.41) is 3.64. The van der Waals surface area contributed by atoms with Crippen molar-refractivity contribution in [3.05, 3.63) is 23.0 Å². The van der Waals surface area contributed by atoms with E-state index >= 15 is 0 Å². The summed E-state index contributed by atoms with van der Waals surface area (Å²) < 4.78 is 10.6. The standard InChI is InChI=1S/C19H27ClN2O4/c1-5-25-18(24)14-11-21-16(20)10-15(14)22-13-8-6-7-12(9-13)17(23)26-19(2,3)4/h10-13H,5-9H2,1-4H3,(H,21,22)/t12?,13-/m0/s1. The third kappa shape index (κ3) is 5.87. The van der Waals surface area contributed by atoms with Crippen molar-refractivity contribution in [3.8, 4) is 0 Å². The maximum Gasteiger partial charge on any atom is 0.341 e. The second-order valence-corrected chi connectivity index (χ2v) is 7.90. The van der Waals surface area contributed by atoms with Gasteiger partial charge in [-0.25, -0.2) is 9.78 Å². The number of ether oxygens (including phenoxy) is 2. The monoisotopic (exact) mass is 382 g/mol. The predicted molar refractivity (Wildman–Crippen MR) is 100 cm³/mol. The van der Waals surface area contributed by atoms with Gasteiger partial charge in [-0.1, -0.05) is 18.0 Å². The summed E-state index contributed by atoms with van der Waals surface area (Å²) in [5.74, 6) is -0.759. The molecule has 0 spiro atoms. The lowest BCUT2D eigenvalue weighted by molar-refractivity contribution is -0.161. The highest BCUT2D eigenvalue weighted by molar-refractivity contribution is 6.29. The van der Waals surface area contributed by atoms with Crippen LogP contribution in [0, 0.1) is 5.92 Å². The normalized spacial score (nSPS) is 20.3. The number of carbonyl (C=O) groups is 2. The zero-order valence-electron chi connectivity index (χ0n) is 15.8. The third-order valence-corrected chi connectivity index (χ3v) is 4.35. The van der Waals surface area contributed by atoms with Crippen LogP contribution < -0.4 is 5.32 Å². The van der Waals surface area contributed by atoms with Crippen LogP contribution in [0.15, 0.2) is 12.3 Å². The molecule has 0 saturated heterocycles. The smallest absolute Gasteiger partial charge is 0.341 e. The molecule has 1 aromatic heterocycles. The van der Waals surface area contributed by atoms with E-state index in [0.717, 1.165) is 19.3 Å². The van der Waals surface area contributed by atoms with Gasteiger partial charge in [-0.2, -0.15) is 0 Å². The van der Waals surface area contributed by atoms with E-state index in [1.807, 2.05) is 20.8 Å². The first kappa shape index (κ1) is 20.5. The summed E-state index contributed by atoms with van der Waals surface area (Å²) in [6, 6.07) is 1.66. The summed E-state index contributed by atoms with van der Waals surface area (Å²) in [7, 11) is 0. The van der Waals surface area contributed by atoms with Gasteiger partial charge in [-0.05, 0) is 53.0 Å². The molecule has 2 atom stereocenters. The number of esters is 2. The Morgan fingerprint density at radius 3 is 2.73 bits per heavy atom. The average Bonchev–Trinajstić information content (AvgIpc) is 2.54. The first-order valence-electron chi connectivity index (χ1n) is 9.01. The average molecular weight is 383 g/mol. The Bertz CT molecular complexity index is 657. The van der Waals surface area contributed by atoms with Gasteiger partial charge in [0.05, 0.1) is 18.2 Å². The molecule has 1 N–H and O–H groups in total. The Hall–Kier alpha value is -1.82. The third-order valence-electron chi connectivity index (χ3n) is 4.14. The zero-order chi connectivity index (χ0) is 19.3. The topological polar surface area (TPSA) is 77.5 Å². The summed E-state index contributed by atoms with van der Waals surface area (Å²) in [5.41, 5.74) is 0.432. The molecular formula is C19H27ClN2O4. The van der Waals surface area contributed by atoms with Crippen LogP contribution in [-0.2, 0) is 14.3 Å². The number of hydrogen-bond donors (Lipinski definition) is 1. The molecule has 0 bridgehead atoms. The van der Waals surface area contributed by atoms with E-state index in [0.29, 0.717) is 22.8 Å². The van der Waals surface area contributed by atoms with Crippen molar-refractivity contribution in [1.82, 2.24) is 4.98 Å². The molecule has 1 saturated carbocycles. The van der Waals surface area contributed by atoms with Gasteiger partial charge >= 0.3 is 11.9 Å². The number of hydrogen-bond acceptors (Lipinski definition) is 6. The van der Waals surface area contributed by atoms with Crippen molar-refractivity contribution in [2.24, 2.45) is 5.92 Å². The molecule has 0 aromatic carbocycles. The number of nitrogens with zero attached hydrogens (tertiary/aromatic N) is 1. The molecular weight excluding hydrogens is 356 g/mol. The van der Waals surface area contributed by atoms with E-state index < -0.39 is 11.6 Å². The van der Waals surface area contributed by atoms with Crippen LogP contribution in [0.25, 0.3) is 0 Å². The Morgan fingerprint density at radius 2 is 2.08 bits per heavy atom. The van der Waals surface area contributed by atoms with E-state index in [4.69, 9.17) is 21.1 Å². The molecule has 144 valence electrons. The molecule has 0 aliphatic heterocycles. The Morgan fingerprint density at radius 1 is 1.35 bits per heavy atom. The number of rotatable bonds is 5. The SMILES string of the molecule is CCOC(=O)c1cnc(Cl)cc1N[C@H]1CCCC(C(=O)OC(C)(C)C)C1. The van der Waals surface area contributed by atoms with Crippen molar-refractivity contribution in [2.45, 2.75) is 65.0 Å². The Kier molecular flexibility index (Phi) is 6.87. The molecule has 2 rings (SSSR count). The van der Waals surface area contributed by atoms with Gasteiger partial charge < -0.3 is 14.8 Å². The van der Waals surface area contributed by atoms with E-state index in [1.165, 1.54) is 6.20 Å². The molecule has 0 radical (unpaired) electrons. The summed E-state index contributed by atoms with van der Waals surface area (Å²) in [6.07, 6.45) is 4.69. The number of anilines is 1. The predicted octanol–water partition coefficient (Wildman–Crippen LogP) is 4.22. The van der Waals surface area contributed by atoms with Crippen LogP contribution >= 0.6 is 11.6 Å². The minimum absolute atomic E-state index is 0.0490. The fourth-order valence-corrected chi connectivity index (χ4v) is 3.22. The van der Waals surface area contributed by atoms with E-state index in [2.05, 4.69) is 10.3 Å². The molecule has 1 fully saturated rings. The van der Waals surface area contributed by atoms with Gasteiger partial charge in [0, 0.05) is 12.2 Å². The minimum Gasteiger partial charge on any atom is -0.462 e. The molecule has 26 heavy (non-hydrogen) atoms. The van der Waals surface area contributed by atoms with Crippen molar-refractivity contribution in [3.63, 3.8) is 0 Å². The Balaban J connectivity index is 2.09. The molecule has 0 amide bonds. The second kappa shape index (κ2) is 8.71. The number of aromatic nitrogens is 1. The molecule has 1 aliphatic rings. The zero-order valence-corrected chi connectivity index (χ0v) is 16.6. The van der Waals surface area contributed by atoms with Gasteiger partial charge in [0.1, 0.15) is 16.3 Å². The lowest BCUT2D eigenvalue weighted by Crippen LogP contribution is -2.35. The first-order valence-corrected chi connectivity index (χ1v) is 9.39. The number of pyridine rings is 1. The maximum absolute atomic E-state index is 12.4. The van der Waals surface area contributed by atoms with Crippen LogP contribution in [0.4, 0.5) is 5.69 Å². The van der Waals surface area contributed by atoms with Crippen molar-refractivity contribution < 1.29 is 19.1 Å². The largest absolute Gasteiger partial charge is 0.462 e. The van der Waals surface area contributed by atoms with Gasteiger partial charge in [0.25, 0.3) is 0 Å². The van der Waals surface area contributed by atoms with Crippen LogP contribution in [0.2, 0.25) is 5.15 Å². The van der Waals surface area contributed by atoms with E-state index in [1.54, 1.807) is 13.0 Å². The first-order chi connectivity index (χ1) is 12.2. The number of carbonyl (C=O) groups excluding carboxylic acids is 2. The lowest BCUT2D eigenvalue weighted by Gasteiger charge is -2.31. The lowest BCUT2D eigenvalue weighted by atomic mass is 9.85. The fourth-order valence-electron chi connectivity index (χ4n) is 3.06. The maximum atomic E-state index is 12.4. The number of nitrogens with one attached hydrogen (secondary N) is 1. The van der Waals surface area contributed by atoms with Crippen molar-refractivity contribution in [1.29, 1.82) is 0 Å². The van der Waals surface area contributed by atoms with E-state index in [9.17, 15) is 9.59 Å². The minimum atomic E-state index is -0.493. The highest BCUT2D eigenvalue weighted by atomic mass is 35.5. The molecule has 1 unspecified atom stereocenters. The van der Waals surface area contributed by atoms with Crippen molar-refractivity contribution in [2.75, 3.05) is 11.9 Å². The van der Waals surface area contributed by atoms with Gasteiger partial charge in [-0.3, -0.25) is 4.79 Å². The van der Waals surface area contributed by atoms with Crippen LogP contribution in [0.3, 0.4) is 0 Å². The highest BCUT2D eigenvalue weighted by Gasteiger charge is 2.31. The quantitative estimate of drug-likeness (QED) is 0.606. The van der Waals surface area contributed by atoms with Crippen LogP contribution in [0.1, 0.15) is 63.7 Å². The molecule has 1 aliphatic carbocycles. The van der Waals surface area contributed by atoms with Crippen LogP contribution in [-0.4, -0.2) is 35.2 Å². The van der Waals surface area contributed by atoms with Gasteiger partial charge in [-0.15, -0.1) is 0 Å². The molecule has 7 heteroatoms. The van der Waals surface area contributed by atoms with Crippen LogP contribution in [0.5, 0.6) is 0 Å². The van der Waals surface area contributed by atoms with Crippen molar-refractivity contribution >= 4 is 29.2 Å². The number of halogens is 1. The molecule has 1 aromatic rings. The van der Waals surface area contributed by atoms with E-state index in [-0.39, 0.29) is 24.5 Å².